The summed E-state index contributed by atoms with van der Waals surface area (Å²) in [5, 5.41) is 30.4. The lowest BCUT2D eigenvalue weighted by molar-refractivity contribution is -0.135. The van der Waals surface area contributed by atoms with Crippen LogP contribution in [0.2, 0.25) is 0 Å². The minimum atomic E-state index is -0.950. The number of carbonyl (C=O) groups is 1. The molecule has 34 heavy (non-hydrogen) atoms. The first-order valence-corrected chi connectivity index (χ1v) is 12.2. The lowest BCUT2D eigenvalue weighted by atomic mass is 9.53. The minimum absolute atomic E-state index is 0.158. The molecule has 7 nitrogen and oxygen atoms in total. The van der Waals surface area contributed by atoms with E-state index in [2.05, 4.69) is 28.8 Å². The van der Waals surface area contributed by atoms with Gasteiger partial charge in [-0.05, 0) is 97.2 Å². The van der Waals surface area contributed by atoms with Crippen LogP contribution in [-0.2, 0) is 11.2 Å². The van der Waals surface area contributed by atoms with E-state index in [0.29, 0.717) is 29.3 Å². The summed E-state index contributed by atoms with van der Waals surface area (Å²) in [5.74, 6) is 1.51. The van der Waals surface area contributed by atoms with Gasteiger partial charge in [0.15, 0.2) is 0 Å². The molecule has 3 aliphatic rings. The van der Waals surface area contributed by atoms with Gasteiger partial charge in [0.1, 0.15) is 18.1 Å². The van der Waals surface area contributed by atoms with E-state index in [9.17, 15) is 15.0 Å². The summed E-state index contributed by atoms with van der Waals surface area (Å²) in [4.78, 5) is 14.9. The van der Waals surface area contributed by atoms with Crippen LogP contribution >= 0.6 is 0 Å². The van der Waals surface area contributed by atoms with Gasteiger partial charge in [-0.25, -0.2) is 10.4 Å². The van der Waals surface area contributed by atoms with Crippen molar-refractivity contribution in [1.29, 1.82) is 0 Å². The largest absolute Gasteiger partial charge is 0.508 e. The molecule has 0 bridgehead atoms. The molecule has 2 fully saturated rings. The fourth-order valence-corrected chi connectivity index (χ4v) is 6.92. The fourth-order valence-electron chi connectivity index (χ4n) is 6.92. The van der Waals surface area contributed by atoms with Crippen LogP contribution in [0.4, 0.5) is 5.82 Å². The Bertz CT molecular complexity index is 1100. The van der Waals surface area contributed by atoms with Crippen LogP contribution < -0.4 is 10.9 Å². The average molecular weight is 464 g/mol. The van der Waals surface area contributed by atoms with Crippen LogP contribution in [0.3, 0.4) is 0 Å². The molecule has 5 N–H and O–H groups in total. The first kappa shape index (κ1) is 22.9. The average Bonchev–Trinajstić information content (AvgIpc) is 3.09. The van der Waals surface area contributed by atoms with Crippen LogP contribution in [0.1, 0.15) is 61.6 Å². The fraction of sp³-hybridized carbons (Fsp3) is 0.481. The van der Waals surface area contributed by atoms with Gasteiger partial charge < -0.3 is 20.7 Å². The van der Waals surface area contributed by atoms with Crippen molar-refractivity contribution in [3.05, 3.63) is 59.3 Å². The number of rotatable bonds is 6. The van der Waals surface area contributed by atoms with E-state index in [1.807, 2.05) is 30.4 Å². The molecule has 0 amide bonds. The number of carboxylic acids is 1. The molecule has 3 aliphatic carbocycles. The summed E-state index contributed by atoms with van der Waals surface area (Å²) < 4.78 is 0. The third kappa shape index (κ3) is 3.97. The van der Waals surface area contributed by atoms with Crippen molar-refractivity contribution >= 4 is 17.9 Å². The molecule has 7 heteroatoms. The highest BCUT2D eigenvalue weighted by atomic mass is 16.4. The molecule has 0 radical (unpaired) electrons. The second-order valence-corrected chi connectivity index (χ2v) is 10.4. The number of carboxylic acid groups (broad SMARTS) is 1. The maximum Gasteiger partial charge on any atom is 0.319 e. The zero-order chi connectivity index (χ0) is 23.9. The quantitative estimate of drug-likeness (QED) is 0.410. The predicted octanol–water partition coefficient (Wildman–Crippen LogP) is 4.09. The molecule has 1 aromatic carbocycles. The molecule has 180 valence electrons. The van der Waals surface area contributed by atoms with Gasteiger partial charge in [-0.3, -0.25) is 4.79 Å². The number of aliphatic hydroxyl groups is 1. The summed E-state index contributed by atoms with van der Waals surface area (Å²) in [6, 6.07) is 9.55. The Kier molecular flexibility index (Phi) is 5.86. The Morgan fingerprint density at radius 1 is 1.21 bits per heavy atom. The lowest BCUT2D eigenvalue weighted by Crippen LogP contribution is -2.49. The number of hydrogen-bond acceptors (Lipinski definition) is 6. The van der Waals surface area contributed by atoms with Crippen LogP contribution in [0.25, 0.3) is 6.08 Å². The first-order valence-electron chi connectivity index (χ1n) is 12.2. The van der Waals surface area contributed by atoms with Crippen molar-refractivity contribution in [2.24, 2.45) is 17.3 Å². The van der Waals surface area contributed by atoms with Crippen molar-refractivity contribution < 1.29 is 20.1 Å². The van der Waals surface area contributed by atoms with E-state index in [-0.39, 0.29) is 12.0 Å². The van der Waals surface area contributed by atoms with Crippen molar-refractivity contribution in [2.75, 3.05) is 12.0 Å². The van der Waals surface area contributed by atoms with Crippen LogP contribution in [0.15, 0.2) is 42.6 Å². The van der Waals surface area contributed by atoms with Gasteiger partial charge >= 0.3 is 5.97 Å². The minimum Gasteiger partial charge on any atom is -0.508 e. The highest BCUT2D eigenvalue weighted by Gasteiger charge is 2.60. The number of anilines is 1. The molecule has 5 rings (SSSR count). The van der Waals surface area contributed by atoms with Gasteiger partial charge in [0.25, 0.3) is 0 Å². The number of pyridine rings is 1. The Hall–Kier alpha value is -2.90. The first-order chi connectivity index (χ1) is 16.3. The third-order valence-electron chi connectivity index (χ3n) is 8.72. The molecule has 1 aromatic heterocycles. The van der Waals surface area contributed by atoms with E-state index in [1.54, 1.807) is 12.3 Å². The van der Waals surface area contributed by atoms with E-state index < -0.39 is 11.6 Å². The predicted molar refractivity (Wildman–Crippen MR) is 130 cm³/mol. The lowest BCUT2D eigenvalue weighted by Gasteiger charge is -2.52. The van der Waals surface area contributed by atoms with Crippen LogP contribution in [-0.4, -0.2) is 38.4 Å². The Morgan fingerprint density at radius 2 is 2.06 bits per heavy atom. The summed E-state index contributed by atoms with van der Waals surface area (Å²) in [6.07, 6.45) is 11.6. The van der Waals surface area contributed by atoms with Gasteiger partial charge in [0.2, 0.25) is 0 Å². The van der Waals surface area contributed by atoms with Crippen molar-refractivity contribution in [3.8, 4) is 5.75 Å². The summed E-state index contributed by atoms with van der Waals surface area (Å²) >= 11 is 0. The van der Waals surface area contributed by atoms with E-state index >= 15 is 0 Å². The number of hydrazine groups is 1. The van der Waals surface area contributed by atoms with Gasteiger partial charge in [0, 0.05) is 11.6 Å². The Labute approximate surface area is 199 Å². The molecule has 0 aliphatic heterocycles. The maximum absolute atomic E-state index is 11.8. The molecule has 1 heterocycles. The maximum atomic E-state index is 11.8. The molecular weight excluding hydrogens is 430 g/mol. The Morgan fingerprint density at radius 3 is 2.82 bits per heavy atom. The second kappa shape index (κ2) is 8.71. The molecule has 2 saturated carbocycles. The number of aryl methyl sites for hydroxylation is 1. The van der Waals surface area contributed by atoms with Crippen LogP contribution in [0, 0.1) is 17.3 Å². The molecule has 5 atom stereocenters. The number of phenols is 1. The number of benzene rings is 1. The van der Waals surface area contributed by atoms with E-state index in [4.69, 9.17) is 5.11 Å². The number of nitrogens with one attached hydrogen (secondary N) is 2. The smallest absolute Gasteiger partial charge is 0.319 e. The molecule has 0 spiro atoms. The standard InChI is InChI=1S/C27H33N3O4/c1-26-11-9-21-20-6-4-19(31)14-18(20)3-5-22(21)23(26)10-13-27(26,34)12-8-17-2-7-24(28-15-17)30-29-16-25(32)33/h2,4,6-8,12,14-15,21-23,29,31,34H,3,5,9-11,13,16H2,1H3,(H,28,30)(H,32,33)/b12-8-/t21-,22-,23+,26+,27+/m1/s1. The summed E-state index contributed by atoms with van der Waals surface area (Å²) in [5.41, 5.74) is 7.93. The van der Waals surface area contributed by atoms with Crippen molar-refractivity contribution in [1.82, 2.24) is 10.4 Å². The monoisotopic (exact) mass is 463 g/mol. The van der Waals surface area contributed by atoms with Gasteiger partial charge in [-0.15, -0.1) is 0 Å². The van der Waals surface area contributed by atoms with E-state index in [1.165, 1.54) is 11.1 Å². The Balaban J connectivity index is 1.30. The summed E-state index contributed by atoms with van der Waals surface area (Å²) in [6.45, 7) is 2.07. The van der Waals surface area contributed by atoms with Gasteiger partial charge in [0.05, 0.1) is 5.60 Å². The van der Waals surface area contributed by atoms with Crippen molar-refractivity contribution in [2.45, 2.75) is 57.0 Å². The van der Waals surface area contributed by atoms with Crippen LogP contribution in [0.5, 0.6) is 5.75 Å². The van der Waals surface area contributed by atoms with E-state index in [0.717, 1.165) is 44.1 Å². The molecule has 0 unspecified atom stereocenters. The van der Waals surface area contributed by atoms with Gasteiger partial charge in [-0.2, -0.15) is 0 Å². The number of hydrogen-bond donors (Lipinski definition) is 5. The number of aromatic hydroxyl groups is 1. The number of phenolic OH excluding ortho intramolecular Hbond substituents is 1. The molecule has 0 saturated heterocycles. The summed E-state index contributed by atoms with van der Waals surface area (Å²) in [7, 11) is 0. The number of fused-ring (bicyclic) bond motifs is 5. The second-order valence-electron chi connectivity index (χ2n) is 10.4. The van der Waals surface area contributed by atoms with Crippen molar-refractivity contribution in [3.63, 3.8) is 0 Å². The molecular formula is C27H33N3O4. The molecule has 2 aromatic rings. The highest BCUT2D eigenvalue weighted by molar-refractivity contribution is 5.69. The SMILES string of the molecule is C[C@]12CC[C@@H]3c4ccc(O)cc4CC[C@H]3[C@@H]1CC[C@@]2(O)/C=C\c1ccc(NNCC(=O)O)nc1. The zero-order valence-electron chi connectivity index (χ0n) is 19.5. The normalized spacial score (nSPS) is 32.1. The number of aliphatic carboxylic acids is 1. The third-order valence-corrected chi connectivity index (χ3v) is 8.72. The number of nitrogens with zero attached hydrogens (tertiary/aromatic N) is 1. The highest BCUT2D eigenvalue weighted by Crippen LogP contribution is 2.64. The number of aromatic nitrogens is 1. The van der Waals surface area contributed by atoms with Gasteiger partial charge in [-0.1, -0.05) is 25.1 Å². The zero-order valence-corrected chi connectivity index (χ0v) is 19.5. The topological polar surface area (TPSA) is 115 Å².